The van der Waals surface area contributed by atoms with E-state index in [4.69, 9.17) is 4.74 Å². The van der Waals surface area contributed by atoms with Crippen molar-refractivity contribution in [3.05, 3.63) is 59.7 Å². The molecule has 0 aromatic heterocycles. The lowest BCUT2D eigenvalue weighted by molar-refractivity contribution is -0.153. The zero-order chi connectivity index (χ0) is 19.0. The number of rotatable bonds is 8. The Morgan fingerprint density at radius 2 is 1.46 bits per heavy atom. The van der Waals surface area contributed by atoms with E-state index >= 15 is 0 Å². The lowest BCUT2D eigenvalue weighted by Gasteiger charge is -2.10. The molecular formula is C19H20F3NO3. The standard InChI is InChI=1S/C19H20F3NO3/c1-2-14-3-7-16(8-4-14)25-12-18(24)23-11-15-5-9-17(10-6-15)26-13-19(20,21)22/h3-10H,2,11-13H2,1H3,(H,23,24). The van der Waals surface area contributed by atoms with Crippen molar-refractivity contribution >= 4 is 5.91 Å². The van der Waals surface area contributed by atoms with Gasteiger partial charge >= 0.3 is 6.18 Å². The molecule has 0 saturated carbocycles. The van der Waals surface area contributed by atoms with Gasteiger partial charge in [0.05, 0.1) is 0 Å². The van der Waals surface area contributed by atoms with Crippen LogP contribution in [0.1, 0.15) is 18.1 Å². The van der Waals surface area contributed by atoms with E-state index < -0.39 is 12.8 Å². The van der Waals surface area contributed by atoms with Crippen LogP contribution in [0.15, 0.2) is 48.5 Å². The first kappa shape index (κ1) is 19.6. The van der Waals surface area contributed by atoms with Crippen LogP contribution in [0.3, 0.4) is 0 Å². The van der Waals surface area contributed by atoms with Crippen molar-refractivity contribution in [2.24, 2.45) is 0 Å². The molecule has 4 nitrogen and oxygen atoms in total. The van der Waals surface area contributed by atoms with Crippen molar-refractivity contribution < 1.29 is 27.4 Å². The third kappa shape index (κ3) is 7.04. The minimum atomic E-state index is -4.37. The Labute approximate surface area is 149 Å². The first-order chi connectivity index (χ1) is 12.4. The van der Waals surface area contributed by atoms with E-state index in [-0.39, 0.29) is 24.8 Å². The van der Waals surface area contributed by atoms with Crippen LogP contribution < -0.4 is 14.8 Å². The average molecular weight is 367 g/mol. The van der Waals surface area contributed by atoms with E-state index in [1.807, 2.05) is 24.3 Å². The highest BCUT2D eigenvalue weighted by atomic mass is 19.4. The quantitative estimate of drug-likeness (QED) is 0.770. The largest absolute Gasteiger partial charge is 0.484 e. The fraction of sp³-hybridized carbons (Fsp3) is 0.316. The topological polar surface area (TPSA) is 47.6 Å². The second-order valence-corrected chi connectivity index (χ2v) is 5.61. The van der Waals surface area contributed by atoms with Crippen molar-refractivity contribution in [1.82, 2.24) is 5.32 Å². The van der Waals surface area contributed by atoms with Crippen LogP contribution in [0, 0.1) is 0 Å². The Morgan fingerprint density at radius 1 is 0.923 bits per heavy atom. The van der Waals surface area contributed by atoms with Crippen molar-refractivity contribution in [3.63, 3.8) is 0 Å². The summed E-state index contributed by atoms with van der Waals surface area (Å²) >= 11 is 0. The fourth-order valence-electron chi connectivity index (χ4n) is 2.09. The Morgan fingerprint density at radius 3 is 2.00 bits per heavy atom. The number of alkyl halides is 3. The molecule has 0 atom stereocenters. The van der Waals surface area contributed by atoms with Crippen LogP contribution in [0.25, 0.3) is 0 Å². The smallest absolute Gasteiger partial charge is 0.422 e. The minimum Gasteiger partial charge on any atom is -0.484 e. The number of hydrogen-bond donors (Lipinski definition) is 1. The number of benzene rings is 2. The number of ether oxygens (including phenoxy) is 2. The van der Waals surface area contributed by atoms with Gasteiger partial charge in [0.1, 0.15) is 11.5 Å². The number of carbonyl (C=O) groups is 1. The number of halogens is 3. The number of carbonyl (C=O) groups excluding carboxylic acids is 1. The lowest BCUT2D eigenvalue weighted by Crippen LogP contribution is -2.28. The Hall–Kier alpha value is -2.70. The molecule has 0 aliphatic heterocycles. The van der Waals surface area contributed by atoms with Crippen LogP contribution in [0.5, 0.6) is 11.5 Å². The summed E-state index contributed by atoms with van der Waals surface area (Å²) in [4.78, 5) is 11.8. The lowest BCUT2D eigenvalue weighted by atomic mass is 10.2. The highest BCUT2D eigenvalue weighted by Crippen LogP contribution is 2.18. The van der Waals surface area contributed by atoms with Gasteiger partial charge in [-0.05, 0) is 41.8 Å². The molecule has 0 spiro atoms. The molecule has 0 saturated heterocycles. The van der Waals surface area contributed by atoms with E-state index in [0.29, 0.717) is 5.75 Å². The molecule has 26 heavy (non-hydrogen) atoms. The summed E-state index contributed by atoms with van der Waals surface area (Å²) in [7, 11) is 0. The molecule has 7 heteroatoms. The zero-order valence-corrected chi connectivity index (χ0v) is 14.3. The number of nitrogens with one attached hydrogen (secondary N) is 1. The summed E-state index contributed by atoms with van der Waals surface area (Å²) < 4.78 is 46.3. The van der Waals surface area contributed by atoms with E-state index in [1.165, 1.54) is 17.7 Å². The van der Waals surface area contributed by atoms with Crippen LogP contribution in [-0.2, 0) is 17.8 Å². The average Bonchev–Trinajstić information content (AvgIpc) is 2.63. The Balaban J connectivity index is 1.72. The highest BCUT2D eigenvalue weighted by Gasteiger charge is 2.28. The van der Waals surface area contributed by atoms with Crippen LogP contribution in [-0.4, -0.2) is 25.3 Å². The van der Waals surface area contributed by atoms with Gasteiger partial charge in [0, 0.05) is 6.54 Å². The zero-order valence-electron chi connectivity index (χ0n) is 14.3. The first-order valence-corrected chi connectivity index (χ1v) is 8.12. The summed E-state index contributed by atoms with van der Waals surface area (Å²) in [6, 6.07) is 13.5. The molecule has 140 valence electrons. The number of hydrogen-bond acceptors (Lipinski definition) is 3. The Kier molecular flexibility index (Phi) is 6.89. The fourth-order valence-corrected chi connectivity index (χ4v) is 2.09. The predicted octanol–water partition coefficient (Wildman–Crippen LogP) is 3.89. The molecule has 0 aliphatic rings. The van der Waals surface area contributed by atoms with Gasteiger partial charge in [-0.2, -0.15) is 13.2 Å². The summed E-state index contributed by atoms with van der Waals surface area (Å²) in [6.07, 6.45) is -3.44. The normalized spacial score (nSPS) is 11.1. The van der Waals surface area contributed by atoms with E-state index in [1.54, 1.807) is 12.1 Å². The third-order valence-corrected chi connectivity index (χ3v) is 3.52. The van der Waals surface area contributed by atoms with Gasteiger partial charge in [0.25, 0.3) is 5.91 Å². The van der Waals surface area contributed by atoms with Crippen molar-refractivity contribution in [2.75, 3.05) is 13.2 Å². The van der Waals surface area contributed by atoms with E-state index in [9.17, 15) is 18.0 Å². The molecule has 0 radical (unpaired) electrons. The minimum absolute atomic E-state index is 0.113. The van der Waals surface area contributed by atoms with Crippen LogP contribution in [0.2, 0.25) is 0 Å². The van der Waals surface area contributed by atoms with Gasteiger partial charge in [-0.25, -0.2) is 0 Å². The molecule has 0 unspecified atom stereocenters. The predicted molar refractivity (Wildman–Crippen MR) is 91.2 cm³/mol. The molecule has 1 amide bonds. The van der Waals surface area contributed by atoms with E-state index in [2.05, 4.69) is 17.0 Å². The van der Waals surface area contributed by atoms with Gasteiger partial charge in [0.15, 0.2) is 13.2 Å². The maximum absolute atomic E-state index is 12.1. The highest BCUT2D eigenvalue weighted by molar-refractivity contribution is 5.77. The molecule has 0 fully saturated rings. The van der Waals surface area contributed by atoms with Gasteiger partial charge < -0.3 is 14.8 Å². The van der Waals surface area contributed by atoms with E-state index in [0.717, 1.165) is 12.0 Å². The van der Waals surface area contributed by atoms with Gasteiger partial charge in [-0.15, -0.1) is 0 Å². The summed E-state index contributed by atoms with van der Waals surface area (Å²) in [5.41, 5.74) is 1.93. The molecular weight excluding hydrogens is 347 g/mol. The summed E-state index contributed by atoms with van der Waals surface area (Å²) in [6.45, 7) is 0.854. The number of amides is 1. The summed E-state index contributed by atoms with van der Waals surface area (Å²) in [5.74, 6) is 0.446. The van der Waals surface area contributed by atoms with Crippen molar-refractivity contribution in [1.29, 1.82) is 0 Å². The van der Waals surface area contributed by atoms with Crippen molar-refractivity contribution in [2.45, 2.75) is 26.1 Å². The van der Waals surface area contributed by atoms with Gasteiger partial charge in [0.2, 0.25) is 0 Å². The van der Waals surface area contributed by atoms with Crippen molar-refractivity contribution in [3.8, 4) is 11.5 Å². The molecule has 0 aliphatic carbocycles. The molecule has 2 aromatic carbocycles. The Bertz CT molecular complexity index is 697. The maximum atomic E-state index is 12.1. The summed E-state index contributed by atoms with van der Waals surface area (Å²) in [5, 5.41) is 2.68. The monoisotopic (exact) mass is 367 g/mol. The van der Waals surface area contributed by atoms with Crippen LogP contribution in [0.4, 0.5) is 13.2 Å². The van der Waals surface area contributed by atoms with Gasteiger partial charge in [-0.3, -0.25) is 4.79 Å². The number of aryl methyl sites for hydroxylation is 1. The first-order valence-electron chi connectivity index (χ1n) is 8.12. The molecule has 2 rings (SSSR count). The maximum Gasteiger partial charge on any atom is 0.422 e. The second kappa shape index (κ2) is 9.12. The van der Waals surface area contributed by atoms with Crippen LogP contribution >= 0.6 is 0 Å². The molecule has 0 heterocycles. The SMILES string of the molecule is CCc1ccc(OCC(=O)NCc2ccc(OCC(F)(F)F)cc2)cc1. The molecule has 1 N–H and O–H groups in total. The second-order valence-electron chi connectivity index (χ2n) is 5.61. The molecule has 0 bridgehead atoms. The molecule has 2 aromatic rings. The third-order valence-electron chi connectivity index (χ3n) is 3.52. The van der Waals surface area contributed by atoms with Gasteiger partial charge in [-0.1, -0.05) is 31.2 Å².